The van der Waals surface area contributed by atoms with Gasteiger partial charge in [-0.2, -0.15) is 0 Å². The highest BCUT2D eigenvalue weighted by Crippen LogP contribution is 2.18. The normalized spacial score (nSPS) is 16.5. The number of halogens is 1. The summed E-state index contributed by atoms with van der Waals surface area (Å²) < 4.78 is 13.5. The van der Waals surface area contributed by atoms with Gasteiger partial charge in [-0.3, -0.25) is 9.59 Å². The minimum absolute atomic E-state index is 0.0324. The maximum atomic E-state index is 13.5. The number of carbonyl (C=O) groups is 2. The number of nitrogens with zero attached hydrogens (tertiary/aromatic N) is 1. The lowest BCUT2D eigenvalue weighted by Gasteiger charge is -2.18. The van der Waals surface area contributed by atoms with Crippen molar-refractivity contribution in [3.63, 3.8) is 0 Å². The minimum atomic E-state index is -0.418. The molecule has 1 heterocycles. The SMILES string of the molecule is C[C@@H](NC(=O)CN1CCSC1=O)c1ccccc1F. The number of benzene rings is 1. The van der Waals surface area contributed by atoms with Crippen molar-refractivity contribution >= 4 is 22.9 Å². The Labute approximate surface area is 115 Å². The molecule has 1 fully saturated rings. The van der Waals surface area contributed by atoms with Gasteiger partial charge in [0.1, 0.15) is 12.4 Å². The van der Waals surface area contributed by atoms with Crippen LogP contribution in [-0.4, -0.2) is 34.9 Å². The summed E-state index contributed by atoms with van der Waals surface area (Å²) in [5.74, 6) is 0.101. The highest BCUT2D eigenvalue weighted by molar-refractivity contribution is 8.13. The molecule has 1 N–H and O–H groups in total. The maximum Gasteiger partial charge on any atom is 0.282 e. The van der Waals surface area contributed by atoms with E-state index >= 15 is 0 Å². The van der Waals surface area contributed by atoms with Gasteiger partial charge in [-0.1, -0.05) is 30.0 Å². The van der Waals surface area contributed by atoms with E-state index < -0.39 is 6.04 Å². The largest absolute Gasteiger partial charge is 0.348 e. The van der Waals surface area contributed by atoms with Gasteiger partial charge < -0.3 is 10.2 Å². The second kappa shape index (κ2) is 6.06. The summed E-state index contributed by atoms with van der Waals surface area (Å²) in [6.07, 6.45) is 0. The minimum Gasteiger partial charge on any atom is -0.348 e. The van der Waals surface area contributed by atoms with Crippen LogP contribution in [0.25, 0.3) is 0 Å². The number of thioether (sulfide) groups is 1. The number of amides is 2. The van der Waals surface area contributed by atoms with E-state index in [1.807, 2.05) is 0 Å². The fraction of sp³-hybridized carbons (Fsp3) is 0.385. The molecule has 0 saturated carbocycles. The van der Waals surface area contributed by atoms with Crippen LogP contribution in [0.3, 0.4) is 0 Å². The van der Waals surface area contributed by atoms with Crippen LogP contribution in [0.5, 0.6) is 0 Å². The zero-order chi connectivity index (χ0) is 13.8. The Morgan fingerprint density at radius 2 is 2.26 bits per heavy atom. The Kier molecular flexibility index (Phi) is 4.42. The van der Waals surface area contributed by atoms with E-state index in [9.17, 15) is 14.0 Å². The third-order valence-corrected chi connectivity index (χ3v) is 3.82. The molecule has 1 saturated heterocycles. The molecule has 0 aromatic heterocycles. The van der Waals surface area contributed by atoms with Gasteiger partial charge in [0.25, 0.3) is 5.24 Å². The maximum absolute atomic E-state index is 13.5. The van der Waals surface area contributed by atoms with Gasteiger partial charge in [-0.15, -0.1) is 0 Å². The first-order valence-electron chi connectivity index (χ1n) is 6.03. The molecule has 0 bridgehead atoms. The van der Waals surface area contributed by atoms with E-state index in [4.69, 9.17) is 0 Å². The van der Waals surface area contributed by atoms with Crippen molar-refractivity contribution in [2.45, 2.75) is 13.0 Å². The predicted octanol–water partition coefficient (Wildman–Crippen LogP) is 2.17. The summed E-state index contributed by atoms with van der Waals surface area (Å²) in [5, 5.41) is 2.63. The van der Waals surface area contributed by atoms with Gasteiger partial charge in [0.15, 0.2) is 0 Å². The molecule has 6 heteroatoms. The molecule has 1 atom stereocenters. The lowest BCUT2D eigenvalue weighted by atomic mass is 10.1. The molecule has 0 unspecified atom stereocenters. The van der Waals surface area contributed by atoms with Gasteiger partial charge >= 0.3 is 0 Å². The molecule has 102 valence electrons. The Morgan fingerprint density at radius 3 is 2.89 bits per heavy atom. The number of hydrogen-bond donors (Lipinski definition) is 1. The van der Waals surface area contributed by atoms with E-state index in [-0.39, 0.29) is 23.5 Å². The summed E-state index contributed by atoms with van der Waals surface area (Å²) >= 11 is 1.21. The lowest BCUT2D eigenvalue weighted by Crippen LogP contribution is -2.38. The Morgan fingerprint density at radius 1 is 1.53 bits per heavy atom. The van der Waals surface area contributed by atoms with Gasteiger partial charge in [-0.25, -0.2) is 4.39 Å². The van der Waals surface area contributed by atoms with Crippen LogP contribution in [0.4, 0.5) is 9.18 Å². The average Bonchev–Trinajstić information content (AvgIpc) is 2.75. The molecule has 1 aromatic rings. The molecule has 1 aromatic carbocycles. The van der Waals surface area contributed by atoms with E-state index in [1.54, 1.807) is 25.1 Å². The van der Waals surface area contributed by atoms with Crippen molar-refractivity contribution in [2.24, 2.45) is 0 Å². The second-order valence-corrected chi connectivity index (χ2v) is 5.39. The quantitative estimate of drug-likeness (QED) is 0.920. The molecule has 2 amide bonds. The molecule has 0 spiro atoms. The van der Waals surface area contributed by atoms with Crippen molar-refractivity contribution in [1.82, 2.24) is 10.2 Å². The van der Waals surface area contributed by atoms with E-state index in [1.165, 1.54) is 22.7 Å². The average molecular weight is 282 g/mol. The molecule has 2 rings (SSSR count). The fourth-order valence-corrected chi connectivity index (χ4v) is 2.76. The molecular formula is C13H15FN2O2S. The summed E-state index contributed by atoms with van der Waals surface area (Å²) in [7, 11) is 0. The van der Waals surface area contributed by atoms with Crippen LogP contribution < -0.4 is 5.32 Å². The lowest BCUT2D eigenvalue weighted by molar-refractivity contribution is -0.122. The summed E-state index contributed by atoms with van der Waals surface area (Å²) in [4.78, 5) is 24.7. The number of rotatable bonds is 4. The summed E-state index contributed by atoms with van der Waals surface area (Å²) in [5.41, 5.74) is 0.443. The third-order valence-electron chi connectivity index (χ3n) is 2.93. The molecule has 1 aliphatic heterocycles. The number of nitrogens with one attached hydrogen (secondary N) is 1. The van der Waals surface area contributed by atoms with Gasteiger partial charge in [0.05, 0.1) is 6.04 Å². The van der Waals surface area contributed by atoms with E-state index in [0.717, 1.165) is 5.75 Å². The molecule has 4 nitrogen and oxygen atoms in total. The number of hydrogen-bond acceptors (Lipinski definition) is 3. The Hall–Kier alpha value is -1.56. The Bertz CT molecular complexity index is 495. The molecule has 1 aliphatic rings. The first kappa shape index (κ1) is 13.9. The molecule has 0 aliphatic carbocycles. The first-order chi connectivity index (χ1) is 9.08. The van der Waals surface area contributed by atoms with Crippen LogP contribution in [0.15, 0.2) is 24.3 Å². The zero-order valence-electron chi connectivity index (χ0n) is 10.6. The third kappa shape index (κ3) is 3.47. The van der Waals surface area contributed by atoms with Gasteiger partial charge in [-0.05, 0) is 13.0 Å². The zero-order valence-corrected chi connectivity index (χ0v) is 11.4. The van der Waals surface area contributed by atoms with Crippen LogP contribution in [-0.2, 0) is 4.79 Å². The fourth-order valence-electron chi connectivity index (χ4n) is 1.93. The highest BCUT2D eigenvalue weighted by atomic mass is 32.2. The van der Waals surface area contributed by atoms with Crippen LogP contribution >= 0.6 is 11.8 Å². The van der Waals surface area contributed by atoms with Gasteiger partial charge in [0, 0.05) is 17.9 Å². The Balaban J connectivity index is 1.92. The molecule has 0 radical (unpaired) electrons. The van der Waals surface area contributed by atoms with Crippen molar-refractivity contribution < 1.29 is 14.0 Å². The smallest absolute Gasteiger partial charge is 0.282 e. The molecular weight excluding hydrogens is 267 g/mol. The van der Waals surface area contributed by atoms with Crippen LogP contribution in [0, 0.1) is 5.82 Å². The van der Waals surface area contributed by atoms with E-state index in [2.05, 4.69) is 5.32 Å². The van der Waals surface area contributed by atoms with Crippen molar-refractivity contribution in [3.8, 4) is 0 Å². The van der Waals surface area contributed by atoms with Crippen LogP contribution in [0.1, 0.15) is 18.5 Å². The summed E-state index contributed by atoms with van der Waals surface area (Å²) in [6, 6.07) is 5.91. The topological polar surface area (TPSA) is 49.4 Å². The standard InChI is InChI=1S/C13H15FN2O2S/c1-9(10-4-2-3-5-11(10)14)15-12(17)8-16-6-7-19-13(16)18/h2-5,9H,6-8H2,1H3,(H,15,17)/t9-/m1/s1. The van der Waals surface area contributed by atoms with Gasteiger partial charge in [0.2, 0.25) is 5.91 Å². The molecule has 19 heavy (non-hydrogen) atoms. The first-order valence-corrected chi connectivity index (χ1v) is 7.02. The number of carbonyl (C=O) groups excluding carboxylic acids is 2. The summed E-state index contributed by atoms with van der Waals surface area (Å²) in [6.45, 7) is 2.34. The highest BCUT2D eigenvalue weighted by Gasteiger charge is 2.24. The van der Waals surface area contributed by atoms with Crippen molar-refractivity contribution in [1.29, 1.82) is 0 Å². The van der Waals surface area contributed by atoms with Crippen molar-refractivity contribution in [2.75, 3.05) is 18.8 Å². The van der Waals surface area contributed by atoms with Crippen LogP contribution in [0.2, 0.25) is 0 Å². The van der Waals surface area contributed by atoms with Crippen molar-refractivity contribution in [3.05, 3.63) is 35.6 Å². The monoisotopic (exact) mass is 282 g/mol. The predicted molar refractivity (Wildman–Crippen MR) is 72.4 cm³/mol. The van der Waals surface area contributed by atoms with E-state index in [0.29, 0.717) is 12.1 Å². The second-order valence-electron chi connectivity index (χ2n) is 4.35.